The zero-order chi connectivity index (χ0) is 18.7. The standard InChI is InChI=1S/C22H26N2O2/c1-4-24(19-8-6-5-7-9-19)21(26)22(14-15-22)20(25)23-18-12-10-17(11-13-18)16(2)3/h5-13,16H,4,14-15H2,1-3H3,(H,23,25). The second-order valence-electron chi connectivity index (χ2n) is 7.20. The van der Waals surface area contributed by atoms with E-state index < -0.39 is 5.41 Å². The molecule has 1 saturated carbocycles. The molecule has 0 radical (unpaired) electrons. The van der Waals surface area contributed by atoms with E-state index in [1.165, 1.54) is 5.56 Å². The molecular formula is C22H26N2O2. The molecule has 1 fully saturated rings. The van der Waals surface area contributed by atoms with Crippen LogP contribution in [0.3, 0.4) is 0 Å². The lowest BCUT2D eigenvalue weighted by atomic mass is 10.0. The van der Waals surface area contributed by atoms with Gasteiger partial charge in [-0.05, 0) is 55.5 Å². The Bertz CT molecular complexity index is 778. The van der Waals surface area contributed by atoms with E-state index in [0.29, 0.717) is 25.3 Å². The summed E-state index contributed by atoms with van der Waals surface area (Å²) in [5.41, 5.74) is 1.87. The molecule has 1 aliphatic rings. The molecule has 1 aliphatic carbocycles. The van der Waals surface area contributed by atoms with Crippen molar-refractivity contribution in [1.29, 1.82) is 0 Å². The fourth-order valence-corrected chi connectivity index (χ4v) is 3.17. The number of carbonyl (C=O) groups is 2. The molecule has 0 aliphatic heterocycles. The number of hydrogen-bond acceptors (Lipinski definition) is 2. The summed E-state index contributed by atoms with van der Waals surface area (Å²) in [6.07, 6.45) is 1.20. The number of hydrogen-bond donors (Lipinski definition) is 1. The highest BCUT2D eigenvalue weighted by atomic mass is 16.2. The molecule has 0 spiro atoms. The number of benzene rings is 2. The molecule has 26 heavy (non-hydrogen) atoms. The number of carbonyl (C=O) groups excluding carboxylic acids is 2. The van der Waals surface area contributed by atoms with Gasteiger partial charge in [-0.15, -0.1) is 0 Å². The van der Waals surface area contributed by atoms with Crippen molar-refractivity contribution in [2.24, 2.45) is 5.41 Å². The van der Waals surface area contributed by atoms with Crippen LogP contribution in [0, 0.1) is 5.41 Å². The van der Waals surface area contributed by atoms with Crippen molar-refractivity contribution in [3.8, 4) is 0 Å². The number of anilines is 2. The van der Waals surface area contributed by atoms with Gasteiger partial charge in [-0.2, -0.15) is 0 Å². The number of nitrogens with one attached hydrogen (secondary N) is 1. The van der Waals surface area contributed by atoms with Crippen LogP contribution in [0.2, 0.25) is 0 Å². The second kappa shape index (κ2) is 7.32. The highest BCUT2D eigenvalue weighted by molar-refractivity contribution is 6.17. The summed E-state index contributed by atoms with van der Waals surface area (Å²) in [5.74, 6) is 0.136. The minimum atomic E-state index is -0.928. The Morgan fingerprint density at radius 3 is 2.15 bits per heavy atom. The molecule has 136 valence electrons. The van der Waals surface area contributed by atoms with E-state index in [-0.39, 0.29) is 11.8 Å². The maximum atomic E-state index is 13.1. The largest absolute Gasteiger partial charge is 0.325 e. The summed E-state index contributed by atoms with van der Waals surface area (Å²) in [5, 5.41) is 2.94. The molecule has 0 heterocycles. The molecule has 2 aromatic carbocycles. The molecule has 0 aromatic heterocycles. The van der Waals surface area contributed by atoms with Crippen LogP contribution in [0.1, 0.15) is 45.1 Å². The average molecular weight is 350 g/mol. The molecule has 0 bridgehead atoms. The molecule has 0 atom stereocenters. The van der Waals surface area contributed by atoms with Crippen LogP contribution >= 0.6 is 0 Å². The summed E-state index contributed by atoms with van der Waals surface area (Å²) in [7, 11) is 0. The van der Waals surface area contributed by atoms with E-state index in [4.69, 9.17) is 0 Å². The van der Waals surface area contributed by atoms with Crippen molar-refractivity contribution in [1.82, 2.24) is 0 Å². The van der Waals surface area contributed by atoms with E-state index in [1.54, 1.807) is 4.90 Å². The first-order valence-electron chi connectivity index (χ1n) is 9.26. The van der Waals surface area contributed by atoms with E-state index in [1.807, 2.05) is 61.5 Å². The first-order chi connectivity index (χ1) is 12.5. The van der Waals surface area contributed by atoms with Gasteiger partial charge in [-0.1, -0.05) is 44.2 Å². The number of para-hydroxylation sites is 1. The maximum absolute atomic E-state index is 13.1. The topological polar surface area (TPSA) is 49.4 Å². The minimum absolute atomic E-state index is 0.109. The first-order valence-corrected chi connectivity index (χ1v) is 9.26. The maximum Gasteiger partial charge on any atom is 0.242 e. The third kappa shape index (κ3) is 3.50. The van der Waals surface area contributed by atoms with Gasteiger partial charge in [0.05, 0.1) is 0 Å². The Morgan fingerprint density at radius 2 is 1.65 bits per heavy atom. The van der Waals surface area contributed by atoms with Crippen LogP contribution in [0.15, 0.2) is 54.6 Å². The van der Waals surface area contributed by atoms with Crippen molar-refractivity contribution in [3.05, 3.63) is 60.2 Å². The van der Waals surface area contributed by atoms with Crippen LogP contribution in [-0.2, 0) is 9.59 Å². The molecule has 3 rings (SSSR count). The Labute approximate surface area is 155 Å². The van der Waals surface area contributed by atoms with Gasteiger partial charge in [0.15, 0.2) is 0 Å². The normalized spacial score (nSPS) is 14.8. The lowest BCUT2D eigenvalue weighted by Crippen LogP contribution is -2.43. The fraction of sp³-hybridized carbons (Fsp3) is 0.364. The quantitative estimate of drug-likeness (QED) is 0.775. The summed E-state index contributed by atoms with van der Waals surface area (Å²) >= 11 is 0. The van der Waals surface area contributed by atoms with Crippen molar-refractivity contribution >= 4 is 23.2 Å². The molecular weight excluding hydrogens is 324 g/mol. The van der Waals surface area contributed by atoms with Gasteiger partial charge in [-0.3, -0.25) is 9.59 Å². The molecule has 0 unspecified atom stereocenters. The molecule has 2 aromatic rings. The first kappa shape index (κ1) is 18.2. The van der Waals surface area contributed by atoms with Gasteiger partial charge < -0.3 is 10.2 Å². The smallest absolute Gasteiger partial charge is 0.242 e. The Kier molecular flexibility index (Phi) is 5.12. The van der Waals surface area contributed by atoms with Crippen LogP contribution in [0.5, 0.6) is 0 Å². The lowest BCUT2D eigenvalue weighted by Gasteiger charge is -2.26. The third-order valence-corrected chi connectivity index (χ3v) is 5.06. The van der Waals surface area contributed by atoms with Crippen LogP contribution < -0.4 is 10.2 Å². The van der Waals surface area contributed by atoms with E-state index in [2.05, 4.69) is 19.2 Å². The predicted octanol–water partition coefficient (Wildman–Crippen LogP) is 4.58. The third-order valence-electron chi connectivity index (χ3n) is 5.06. The van der Waals surface area contributed by atoms with Crippen molar-refractivity contribution in [2.75, 3.05) is 16.8 Å². The van der Waals surface area contributed by atoms with E-state index in [9.17, 15) is 9.59 Å². The monoisotopic (exact) mass is 350 g/mol. The second-order valence-corrected chi connectivity index (χ2v) is 7.20. The number of nitrogens with zero attached hydrogens (tertiary/aromatic N) is 1. The van der Waals surface area contributed by atoms with Gasteiger partial charge in [0, 0.05) is 17.9 Å². The Hall–Kier alpha value is -2.62. The number of rotatable bonds is 6. The molecule has 4 heteroatoms. The van der Waals surface area contributed by atoms with Crippen molar-refractivity contribution in [2.45, 2.75) is 39.5 Å². The molecule has 4 nitrogen and oxygen atoms in total. The summed E-state index contributed by atoms with van der Waals surface area (Å²) in [6.45, 7) is 6.74. The Morgan fingerprint density at radius 1 is 1.04 bits per heavy atom. The van der Waals surface area contributed by atoms with Gasteiger partial charge in [-0.25, -0.2) is 0 Å². The van der Waals surface area contributed by atoms with Gasteiger partial charge in [0.25, 0.3) is 0 Å². The summed E-state index contributed by atoms with van der Waals surface area (Å²) < 4.78 is 0. The highest BCUT2D eigenvalue weighted by Crippen LogP contribution is 2.48. The van der Waals surface area contributed by atoms with E-state index in [0.717, 1.165) is 11.4 Å². The van der Waals surface area contributed by atoms with Crippen LogP contribution in [-0.4, -0.2) is 18.4 Å². The predicted molar refractivity (Wildman–Crippen MR) is 105 cm³/mol. The summed E-state index contributed by atoms with van der Waals surface area (Å²) in [6, 6.07) is 17.4. The van der Waals surface area contributed by atoms with Gasteiger partial charge in [0.1, 0.15) is 5.41 Å². The van der Waals surface area contributed by atoms with E-state index >= 15 is 0 Å². The lowest BCUT2D eigenvalue weighted by molar-refractivity contribution is -0.132. The van der Waals surface area contributed by atoms with Crippen LogP contribution in [0.4, 0.5) is 11.4 Å². The average Bonchev–Trinajstić information content (AvgIpc) is 3.45. The summed E-state index contributed by atoms with van der Waals surface area (Å²) in [4.78, 5) is 27.7. The van der Waals surface area contributed by atoms with Crippen molar-refractivity contribution < 1.29 is 9.59 Å². The van der Waals surface area contributed by atoms with Gasteiger partial charge in [0.2, 0.25) is 11.8 Å². The van der Waals surface area contributed by atoms with Crippen molar-refractivity contribution in [3.63, 3.8) is 0 Å². The number of amides is 2. The molecule has 2 amide bonds. The SMILES string of the molecule is CCN(C(=O)C1(C(=O)Nc2ccc(C(C)C)cc2)CC1)c1ccccc1. The highest BCUT2D eigenvalue weighted by Gasteiger charge is 2.58. The zero-order valence-electron chi connectivity index (χ0n) is 15.7. The van der Waals surface area contributed by atoms with Gasteiger partial charge >= 0.3 is 0 Å². The minimum Gasteiger partial charge on any atom is -0.325 e. The molecule has 0 saturated heterocycles. The fourth-order valence-electron chi connectivity index (χ4n) is 3.17. The Balaban J connectivity index is 1.75. The zero-order valence-corrected chi connectivity index (χ0v) is 15.7. The van der Waals surface area contributed by atoms with Crippen LogP contribution in [0.25, 0.3) is 0 Å². The molecule has 1 N–H and O–H groups in total.